The highest BCUT2D eigenvalue weighted by molar-refractivity contribution is 7.98. The Hall–Kier alpha value is -2.86. The average Bonchev–Trinajstić information content (AvgIpc) is 2.89. The number of hydrogen-bond acceptors (Lipinski definition) is 6. The Balaban J connectivity index is 1.72. The van der Waals surface area contributed by atoms with E-state index in [4.69, 9.17) is 4.74 Å². The molecule has 0 saturated carbocycles. The number of thioether (sulfide) groups is 1. The zero-order valence-electron chi connectivity index (χ0n) is 15.1. The first kappa shape index (κ1) is 17.5. The van der Waals surface area contributed by atoms with Gasteiger partial charge in [-0.05, 0) is 30.7 Å². The first-order chi connectivity index (χ1) is 13.3. The minimum atomic E-state index is -0.354. The van der Waals surface area contributed by atoms with Gasteiger partial charge in [0.2, 0.25) is 11.0 Å². The van der Waals surface area contributed by atoms with Gasteiger partial charge in [-0.1, -0.05) is 60.3 Å². The van der Waals surface area contributed by atoms with Crippen LogP contribution in [-0.4, -0.2) is 21.4 Å². The molecule has 3 aromatic rings. The summed E-state index contributed by atoms with van der Waals surface area (Å²) in [6.07, 6.45) is 5.47. The lowest BCUT2D eigenvalue weighted by Gasteiger charge is -2.19. The van der Waals surface area contributed by atoms with Crippen molar-refractivity contribution in [3.8, 4) is 17.1 Å². The van der Waals surface area contributed by atoms with Crippen LogP contribution in [0, 0.1) is 0 Å². The molecule has 0 saturated heterocycles. The summed E-state index contributed by atoms with van der Waals surface area (Å²) in [7, 11) is 0. The molecule has 0 fully saturated rings. The highest BCUT2D eigenvalue weighted by atomic mass is 32.2. The predicted octanol–water partition coefficient (Wildman–Crippen LogP) is 4.88. The zero-order chi connectivity index (χ0) is 18.6. The molecule has 2 aromatic carbocycles. The summed E-state index contributed by atoms with van der Waals surface area (Å²) < 4.78 is 6.23. The molecular weight excluding hydrogens is 356 g/mol. The lowest BCUT2D eigenvalue weighted by molar-refractivity contribution is 0.225. The fraction of sp³-hybridized carbons (Fsp3) is 0.190. The summed E-state index contributed by atoms with van der Waals surface area (Å²) in [6, 6.07) is 16.4. The van der Waals surface area contributed by atoms with Crippen LogP contribution < -0.4 is 10.1 Å². The van der Waals surface area contributed by atoms with E-state index in [2.05, 4.69) is 51.3 Å². The number of benzene rings is 2. The summed E-state index contributed by atoms with van der Waals surface area (Å²) in [5, 5.41) is 12.6. The molecule has 0 amide bonds. The number of fused-ring (bicyclic) bond motifs is 3. The van der Waals surface area contributed by atoms with E-state index in [1.807, 2.05) is 36.6 Å². The summed E-state index contributed by atoms with van der Waals surface area (Å²) in [5.41, 5.74) is 4.85. The van der Waals surface area contributed by atoms with Gasteiger partial charge in [-0.3, -0.25) is 0 Å². The van der Waals surface area contributed by atoms with Gasteiger partial charge in [0.1, 0.15) is 0 Å². The van der Waals surface area contributed by atoms with Crippen molar-refractivity contribution in [2.45, 2.75) is 24.2 Å². The van der Waals surface area contributed by atoms with Gasteiger partial charge in [0.25, 0.3) is 0 Å². The van der Waals surface area contributed by atoms with Crippen LogP contribution in [0.3, 0.4) is 0 Å². The van der Waals surface area contributed by atoms with Crippen molar-refractivity contribution in [2.24, 2.45) is 0 Å². The zero-order valence-corrected chi connectivity index (χ0v) is 15.9. The minimum Gasteiger partial charge on any atom is -0.448 e. The van der Waals surface area contributed by atoms with Crippen LogP contribution >= 0.6 is 11.8 Å². The van der Waals surface area contributed by atoms with E-state index in [9.17, 15) is 0 Å². The van der Waals surface area contributed by atoms with Gasteiger partial charge in [0.15, 0.2) is 11.9 Å². The summed E-state index contributed by atoms with van der Waals surface area (Å²) >= 11 is 1.44. The summed E-state index contributed by atoms with van der Waals surface area (Å²) in [6.45, 7) is 3.78. The van der Waals surface area contributed by atoms with Gasteiger partial charge in [-0.15, -0.1) is 16.8 Å². The van der Waals surface area contributed by atoms with E-state index in [1.54, 1.807) is 0 Å². The van der Waals surface area contributed by atoms with Gasteiger partial charge in [0, 0.05) is 16.8 Å². The van der Waals surface area contributed by atoms with Gasteiger partial charge < -0.3 is 10.1 Å². The molecular formula is C21H20N4OS. The molecule has 0 aliphatic carbocycles. The first-order valence-electron chi connectivity index (χ1n) is 8.79. The first-order valence-corrected chi connectivity index (χ1v) is 10.0. The molecule has 1 unspecified atom stereocenters. The van der Waals surface area contributed by atoms with E-state index in [-0.39, 0.29) is 6.23 Å². The largest absolute Gasteiger partial charge is 0.448 e. The van der Waals surface area contributed by atoms with Gasteiger partial charge >= 0.3 is 0 Å². The van der Waals surface area contributed by atoms with Crippen LogP contribution in [0.25, 0.3) is 11.3 Å². The number of para-hydroxylation sites is 1. The Morgan fingerprint density at radius 3 is 2.74 bits per heavy atom. The third-order valence-electron chi connectivity index (χ3n) is 4.44. The Kier molecular flexibility index (Phi) is 5.07. The Bertz CT molecular complexity index is 959. The van der Waals surface area contributed by atoms with Crippen molar-refractivity contribution < 1.29 is 4.74 Å². The van der Waals surface area contributed by atoms with Gasteiger partial charge in [-0.25, -0.2) is 0 Å². The van der Waals surface area contributed by atoms with E-state index < -0.39 is 0 Å². The standard InChI is InChI=1S/C21H20N4OS/c1-3-4-7-14-10-12-15(13-11-14)19-22-17-9-6-5-8-16(17)18-20(26-19)23-21(27-2)25-24-18/h3,5-6,8-13,19,22H,1,4,7H2,2H3. The van der Waals surface area contributed by atoms with Gasteiger partial charge in [-0.2, -0.15) is 4.98 Å². The second-order valence-electron chi connectivity index (χ2n) is 6.21. The SMILES string of the molecule is C=CCCc1ccc(C2Nc3ccccc3-c3nnc(SC)nc3O2)cc1. The molecule has 1 N–H and O–H groups in total. The van der Waals surface area contributed by atoms with Crippen LogP contribution in [0.15, 0.2) is 66.3 Å². The Labute approximate surface area is 162 Å². The number of nitrogens with one attached hydrogen (secondary N) is 1. The minimum absolute atomic E-state index is 0.354. The van der Waals surface area contributed by atoms with Crippen molar-refractivity contribution in [2.75, 3.05) is 11.6 Å². The molecule has 5 nitrogen and oxygen atoms in total. The van der Waals surface area contributed by atoms with Crippen molar-refractivity contribution in [1.29, 1.82) is 0 Å². The third-order valence-corrected chi connectivity index (χ3v) is 4.97. The number of ether oxygens (including phenoxy) is 1. The maximum atomic E-state index is 6.23. The number of anilines is 1. The van der Waals surface area contributed by atoms with Crippen LogP contribution in [0.5, 0.6) is 5.88 Å². The number of aryl methyl sites for hydroxylation is 1. The van der Waals surface area contributed by atoms with Crippen molar-refractivity contribution >= 4 is 17.4 Å². The highest BCUT2D eigenvalue weighted by Crippen LogP contribution is 2.39. The van der Waals surface area contributed by atoms with E-state index in [0.29, 0.717) is 16.7 Å². The topological polar surface area (TPSA) is 59.9 Å². The fourth-order valence-corrected chi connectivity index (χ4v) is 3.31. The molecule has 136 valence electrons. The fourth-order valence-electron chi connectivity index (χ4n) is 3.01. The Morgan fingerprint density at radius 1 is 1.15 bits per heavy atom. The maximum absolute atomic E-state index is 6.23. The molecule has 6 heteroatoms. The molecule has 4 rings (SSSR count). The number of hydrogen-bond donors (Lipinski definition) is 1. The monoisotopic (exact) mass is 376 g/mol. The number of allylic oxidation sites excluding steroid dienone is 1. The molecule has 1 aliphatic heterocycles. The van der Waals surface area contributed by atoms with Crippen LogP contribution in [-0.2, 0) is 6.42 Å². The van der Waals surface area contributed by atoms with E-state index in [1.165, 1.54) is 17.3 Å². The molecule has 1 aromatic heterocycles. The van der Waals surface area contributed by atoms with E-state index >= 15 is 0 Å². The average molecular weight is 376 g/mol. The second-order valence-corrected chi connectivity index (χ2v) is 6.98. The number of rotatable bonds is 5. The molecule has 0 bridgehead atoms. The second kappa shape index (κ2) is 7.80. The highest BCUT2D eigenvalue weighted by Gasteiger charge is 2.25. The molecule has 1 aliphatic rings. The summed E-state index contributed by atoms with van der Waals surface area (Å²) in [4.78, 5) is 4.54. The van der Waals surface area contributed by atoms with Crippen molar-refractivity contribution in [1.82, 2.24) is 15.2 Å². The van der Waals surface area contributed by atoms with E-state index in [0.717, 1.165) is 29.7 Å². The molecule has 0 radical (unpaired) electrons. The third kappa shape index (κ3) is 3.66. The lowest BCUT2D eigenvalue weighted by atomic mass is 10.1. The summed E-state index contributed by atoms with van der Waals surface area (Å²) in [5.74, 6) is 0.493. The molecule has 27 heavy (non-hydrogen) atoms. The predicted molar refractivity (Wildman–Crippen MR) is 109 cm³/mol. The number of nitrogens with zero attached hydrogens (tertiary/aromatic N) is 3. The Morgan fingerprint density at radius 2 is 1.96 bits per heavy atom. The smallest absolute Gasteiger partial charge is 0.247 e. The number of aromatic nitrogens is 3. The quantitative estimate of drug-likeness (QED) is 0.506. The molecule has 0 spiro atoms. The van der Waals surface area contributed by atoms with Crippen molar-refractivity contribution in [3.63, 3.8) is 0 Å². The lowest BCUT2D eigenvalue weighted by Crippen LogP contribution is -2.17. The molecule has 1 atom stereocenters. The van der Waals surface area contributed by atoms with Gasteiger partial charge in [0.05, 0.1) is 0 Å². The van der Waals surface area contributed by atoms with Crippen LogP contribution in [0.4, 0.5) is 5.69 Å². The normalized spacial score (nSPS) is 14.9. The molecule has 2 heterocycles. The van der Waals surface area contributed by atoms with Crippen LogP contribution in [0.2, 0.25) is 0 Å². The van der Waals surface area contributed by atoms with Crippen molar-refractivity contribution in [3.05, 3.63) is 72.3 Å². The maximum Gasteiger partial charge on any atom is 0.247 e. The van der Waals surface area contributed by atoms with Crippen LogP contribution in [0.1, 0.15) is 23.8 Å².